The number of alkyl halides is 3. The number of carbonyl (C=O) groups is 1. The molecule has 10 heteroatoms. The summed E-state index contributed by atoms with van der Waals surface area (Å²) in [5.74, 6) is -2.64. The Morgan fingerprint density at radius 3 is 2.74 bits per heavy atom. The van der Waals surface area contributed by atoms with Gasteiger partial charge in [-0.25, -0.2) is 9.78 Å². The lowest BCUT2D eigenvalue weighted by molar-refractivity contribution is -0.142. The van der Waals surface area contributed by atoms with E-state index in [0.717, 1.165) is 12.6 Å². The van der Waals surface area contributed by atoms with Crippen LogP contribution in [0.25, 0.3) is 0 Å². The number of nitrogens with two attached hydrogens (primary N) is 1. The fraction of sp³-hybridized carbons (Fsp3) is 0.308. The average Bonchev–Trinajstić information content (AvgIpc) is 2.95. The molecule has 1 unspecified atom stereocenters. The molecule has 1 atom stereocenters. The molecule has 2 heterocycles. The largest absolute Gasteiger partial charge is 0.466 e. The minimum absolute atomic E-state index is 0.0279. The summed E-state index contributed by atoms with van der Waals surface area (Å²) in [4.78, 5) is 15.0. The van der Waals surface area contributed by atoms with Gasteiger partial charge in [0.15, 0.2) is 5.69 Å². The van der Waals surface area contributed by atoms with Crippen molar-refractivity contribution in [2.24, 2.45) is 5.73 Å². The van der Waals surface area contributed by atoms with Crippen molar-refractivity contribution >= 4 is 17.3 Å². The summed E-state index contributed by atoms with van der Waals surface area (Å²) < 4.78 is 49.1. The van der Waals surface area contributed by atoms with Gasteiger partial charge in [-0.15, -0.1) is 11.3 Å². The molecule has 6 nitrogen and oxygen atoms in total. The van der Waals surface area contributed by atoms with Gasteiger partial charge in [0.2, 0.25) is 5.88 Å². The zero-order chi connectivity index (χ0) is 17.4. The molecule has 122 valence electrons. The van der Waals surface area contributed by atoms with Gasteiger partial charge in [-0.2, -0.15) is 18.4 Å². The molecular formula is C13H10F3N3O3S. The van der Waals surface area contributed by atoms with Crippen LogP contribution in [0, 0.1) is 11.3 Å². The standard InChI is InChI=1S/C13H10F3N3O3S/c1-5-7(12(20)21-2)8(6(3-17)11(18)22-5)9-10(13(14,15)16)19-4-23-9/h4,8H,18H2,1-2H3. The first kappa shape index (κ1) is 16.8. The third kappa shape index (κ3) is 2.87. The number of hydrogen-bond donors (Lipinski definition) is 1. The van der Waals surface area contributed by atoms with Crippen LogP contribution >= 0.6 is 11.3 Å². The number of carbonyl (C=O) groups excluding carboxylic acids is 1. The van der Waals surface area contributed by atoms with Gasteiger partial charge < -0.3 is 15.2 Å². The van der Waals surface area contributed by atoms with Gasteiger partial charge in [0.1, 0.15) is 17.4 Å². The zero-order valence-electron chi connectivity index (χ0n) is 11.9. The first-order chi connectivity index (χ1) is 10.7. The second-order valence-corrected chi connectivity index (χ2v) is 5.34. The number of ether oxygens (including phenoxy) is 2. The van der Waals surface area contributed by atoms with E-state index >= 15 is 0 Å². The minimum Gasteiger partial charge on any atom is -0.466 e. The van der Waals surface area contributed by atoms with Gasteiger partial charge in [0.05, 0.1) is 29.0 Å². The normalized spacial score (nSPS) is 18.5. The Morgan fingerprint density at radius 2 is 2.22 bits per heavy atom. The van der Waals surface area contributed by atoms with Crippen LogP contribution in [-0.2, 0) is 20.4 Å². The summed E-state index contributed by atoms with van der Waals surface area (Å²) in [5, 5.41) is 9.24. The Balaban J connectivity index is 2.72. The molecule has 2 N–H and O–H groups in total. The highest BCUT2D eigenvalue weighted by molar-refractivity contribution is 7.10. The Bertz CT molecular complexity index is 758. The quantitative estimate of drug-likeness (QED) is 0.827. The molecule has 1 aliphatic heterocycles. The van der Waals surface area contributed by atoms with Gasteiger partial charge in [-0.05, 0) is 6.92 Å². The Hall–Kier alpha value is -2.54. The second kappa shape index (κ2) is 5.92. The summed E-state index contributed by atoms with van der Waals surface area (Å²) >= 11 is 0.668. The number of aromatic nitrogens is 1. The number of allylic oxidation sites excluding steroid dienone is 2. The van der Waals surface area contributed by atoms with E-state index in [1.165, 1.54) is 6.92 Å². The third-order valence-electron chi connectivity index (χ3n) is 3.14. The number of methoxy groups -OCH3 is 1. The van der Waals surface area contributed by atoms with E-state index in [0.29, 0.717) is 11.3 Å². The van der Waals surface area contributed by atoms with Crippen LogP contribution in [0.2, 0.25) is 0 Å². The van der Waals surface area contributed by atoms with Crippen molar-refractivity contribution in [3.63, 3.8) is 0 Å². The number of nitrogens with zero attached hydrogens (tertiary/aromatic N) is 2. The summed E-state index contributed by atoms with van der Waals surface area (Å²) in [6.07, 6.45) is -4.74. The Labute approximate surface area is 132 Å². The molecule has 1 aromatic rings. The van der Waals surface area contributed by atoms with Crippen molar-refractivity contribution < 1.29 is 27.4 Å². The highest BCUT2D eigenvalue weighted by Gasteiger charge is 2.44. The highest BCUT2D eigenvalue weighted by Crippen LogP contribution is 2.45. The van der Waals surface area contributed by atoms with E-state index in [-0.39, 0.29) is 27.7 Å². The predicted molar refractivity (Wildman–Crippen MR) is 72.5 cm³/mol. The van der Waals surface area contributed by atoms with E-state index in [1.54, 1.807) is 6.07 Å². The monoisotopic (exact) mass is 345 g/mol. The van der Waals surface area contributed by atoms with Crippen molar-refractivity contribution in [3.05, 3.63) is 38.9 Å². The van der Waals surface area contributed by atoms with Crippen LogP contribution < -0.4 is 5.73 Å². The Kier molecular flexibility index (Phi) is 4.33. The van der Waals surface area contributed by atoms with E-state index in [9.17, 15) is 23.2 Å². The molecule has 0 aromatic carbocycles. The van der Waals surface area contributed by atoms with E-state index in [4.69, 9.17) is 10.5 Å². The molecule has 0 saturated carbocycles. The van der Waals surface area contributed by atoms with Crippen LogP contribution in [0.1, 0.15) is 23.4 Å². The molecule has 0 amide bonds. The van der Waals surface area contributed by atoms with Crippen LogP contribution in [0.5, 0.6) is 0 Å². The molecular weight excluding hydrogens is 335 g/mol. The molecule has 0 fully saturated rings. The number of hydrogen-bond acceptors (Lipinski definition) is 7. The fourth-order valence-corrected chi connectivity index (χ4v) is 3.11. The highest BCUT2D eigenvalue weighted by atomic mass is 32.1. The molecule has 0 radical (unpaired) electrons. The zero-order valence-corrected chi connectivity index (χ0v) is 12.7. The summed E-state index contributed by atoms with van der Waals surface area (Å²) in [6.45, 7) is 1.36. The summed E-state index contributed by atoms with van der Waals surface area (Å²) in [7, 11) is 1.07. The maximum atomic E-state index is 13.1. The lowest BCUT2D eigenvalue weighted by Gasteiger charge is -2.26. The number of nitriles is 1. The summed E-state index contributed by atoms with van der Waals surface area (Å²) in [5.41, 5.74) is 4.89. The maximum Gasteiger partial charge on any atom is 0.434 e. The molecule has 23 heavy (non-hydrogen) atoms. The van der Waals surface area contributed by atoms with Crippen molar-refractivity contribution in [1.82, 2.24) is 4.98 Å². The van der Waals surface area contributed by atoms with Crippen LogP contribution in [0.3, 0.4) is 0 Å². The van der Waals surface area contributed by atoms with Gasteiger partial charge in [0, 0.05) is 0 Å². The topological polar surface area (TPSA) is 98.2 Å². The van der Waals surface area contributed by atoms with Crippen LogP contribution in [0.4, 0.5) is 13.2 Å². The van der Waals surface area contributed by atoms with E-state index in [1.807, 2.05) is 0 Å². The Morgan fingerprint density at radius 1 is 1.57 bits per heavy atom. The molecule has 0 aliphatic carbocycles. The number of esters is 1. The smallest absolute Gasteiger partial charge is 0.434 e. The second-order valence-electron chi connectivity index (χ2n) is 4.45. The molecule has 1 aliphatic rings. The first-order valence-electron chi connectivity index (χ1n) is 6.09. The van der Waals surface area contributed by atoms with Crippen LogP contribution in [0.15, 0.2) is 28.3 Å². The minimum atomic E-state index is -4.74. The molecule has 2 rings (SSSR count). The third-order valence-corrected chi connectivity index (χ3v) is 4.03. The predicted octanol–water partition coefficient (Wildman–Crippen LogP) is 2.42. The molecule has 0 bridgehead atoms. The lowest BCUT2D eigenvalue weighted by atomic mass is 9.86. The van der Waals surface area contributed by atoms with Gasteiger partial charge in [-0.3, -0.25) is 0 Å². The summed E-state index contributed by atoms with van der Waals surface area (Å²) in [6, 6.07) is 1.70. The van der Waals surface area contributed by atoms with Crippen molar-refractivity contribution in [1.29, 1.82) is 5.26 Å². The number of halogens is 3. The van der Waals surface area contributed by atoms with Gasteiger partial charge >= 0.3 is 12.1 Å². The maximum absolute atomic E-state index is 13.1. The molecule has 0 spiro atoms. The molecule has 0 saturated heterocycles. The van der Waals surface area contributed by atoms with Crippen molar-refractivity contribution in [2.75, 3.05) is 7.11 Å². The van der Waals surface area contributed by atoms with Crippen molar-refractivity contribution in [2.45, 2.75) is 19.0 Å². The number of thiazole rings is 1. The van der Waals surface area contributed by atoms with Crippen molar-refractivity contribution in [3.8, 4) is 6.07 Å². The van der Waals surface area contributed by atoms with Gasteiger partial charge in [0.25, 0.3) is 0 Å². The average molecular weight is 345 g/mol. The van der Waals surface area contributed by atoms with E-state index < -0.39 is 23.8 Å². The first-order valence-corrected chi connectivity index (χ1v) is 6.97. The molecule has 1 aromatic heterocycles. The number of rotatable bonds is 2. The SMILES string of the molecule is COC(=O)C1=C(C)OC(N)=C(C#N)C1c1scnc1C(F)(F)F. The fourth-order valence-electron chi connectivity index (χ4n) is 2.19. The van der Waals surface area contributed by atoms with E-state index in [2.05, 4.69) is 9.72 Å². The lowest BCUT2D eigenvalue weighted by Crippen LogP contribution is -2.26. The van der Waals surface area contributed by atoms with Crippen LogP contribution in [-0.4, -0.2) is 18.1 Å². The van der Waals surface area contributed by atoms with Gasteiger partial charge in [-0.1, -0.05) is 0 Å².